The molecule has 3 atom stereocenters. The second-order valence-corrected chi connectivity index (χ2v) is 9.44. The average Bonchev–Trinajstić information content (AvgIpc) is 2.71. The van der Waals surface area contributed by atoms with Gasteiger partial charge in [-0.2, -0.15) is 0 Å². The van der Waals surface area contributed by atoms with Crippen LogP contribution in [0.25, 0.3) is 5.73 Å². The first-order chi connectivity index (χ1) is 14.7. The summed E-state index contributed by atoms with van der Waals surface area (Å²) < 4.78 is 0. The SMILES string of the molecule is CC(C)[O-].CC(C)[O-].CCC(=O)NC1CCCC(C(C)CC)(C(C)CC)C1.CCC([NH-])=O.[Ti+3]. The molecule has 0 bridgehead atoms. The fourth-order valence-corrected chi connectivity index (χ4v) is 3.99. The standard InChI is InChI=1S/C17H33NO.C3H7NO.2C3H7O.Ti/c1-6-13(4)17(14(5)7-2)11-9-10-15(12-17)18-16(19)8-3;1-2-3(4)5;2*1-3(2)4;/h13-15H,6-12H2,1-5H3,(H,18,19);2H2,1H3,(H2,4,5);2*3H,1-2H3;/q;;2*-1;+3/p-1. The molecule has 0 heterocycles. The maximum atomic E-state index is 11.7. The predicted molar refractivity (Wildman–Crippen MR) is 132 cm³/mol. The summed E-state index contributed by atoms with van der Waals surface area (Å²) in [6.07, 6.45) is 7.57. The first-order valence-corrected chi connectivity index (χ1v) is 12.6. The van der Waals surface area contributed by atoms with E-state index in [1.54, 1.807) is 34.6 Å². The van der Waals surface area contributed by atoms with Gasteiger partial charge in [0, 0.05) is 18.4 Å². The topological polar surface area (TPSA) is 116 Å². The van der Waals surface area contributed by atoms with Crippen LogP contribution in [0, 0.1) is 17.3 Å². The molecule has 6 nitrogen and oxygen atoms in total. The van der Waals surface area contributed by atoms with Crippen molar-refractivity contribution in [1.82, 2.24) is 5.32 Å². The number of hydrogen-bond donors (Lipinski definition) is 1. The van der Waals surface area contributed by atoms with E-state index >= 15 is 0 Å². The van der Waals surface area contributed by atoms with Gasteiger partial charge in [0.05, 0.1) is 0 Å². The van der Waals surface area contributed by atoms with Crippen LogP contribution < -0.4 is 15.5 Å². The van der Waals surface area contributed by atoms with Gasteiger partial charge < -0.3 is 26.1 Å². The molecule has 1 fully saturated rings. The maximum absolute atomic E-state index is 11.7. The zero-order valence-corrected chi connectivity index (χ0v) is 24.7. The van der Waals surface area contributed by atoms with Crippen LogP contribution in [-0.4, -0.2) is 30.1 Å². The van der Waals surface area contributed by atoms with Crippen LogP contribution in [-0.2, 0) is 31.3 Å². The quantitative estimate of drug-likeness (QED) is 0.489. The Labute approximate surface area is 220 Å². The van der Waals surface area contributed by atoms with Gasteiger partial charge in [-0.1, -0.05) is 88.5 Å². The van der Waals surface area contributed by atoms with Crippen LogP contribution in [0.3, 0.4) is 0 Å². The molecule has 0 saturated heterocycles. The zero-order chi connectivity index (χ0) is 25.9. The summed E-state index contributed by atoms with van der Waals surface area (Å²) in [5.74, 6) is 1.23. The van der Waals surface area contributed by atoms with Crippen molar-refractivity contribution in [2.24, 2.45) is 17.3 Å². The van der Waals surface area contributed by atoms with Crippen molar-refractivity contribution in [2.75, 3.05) is 0 Å². The van der Waals surface area contributed by atoms with Gasteiger partial charge in [-0.25, -0.2) is 0 Å². The molecule has 1 aliphatic rings. The monoisotopic (exact) mass is 505 g/mol. The van der Waals surface area contributed by atoms with E-state index in [1.807, 2.05) is 6.92 Å². The van der Waals surface area contributed by atoms with Gasteiger partial charge in [0.15, 0.2) is 0 Å². The van der Waals surface area contributed by atoms with Crippen molar-refractivity contribution >= 4 is 11.8 Å². The molecule has 3 unspecified atom stereocenters. The molecule has 7 heteroatoms. The Hall–Kier alpha value is -0.426. The van der Waals surface area contributed by atoms with Crippen LogP contribution in [0.4, 0.5) is 0 Å². The van der Waals surface area contributed by atoms with E-state index in [1.165, 1.54) is 38.5 Å². The number of nitrogens with one attached hydrogen (secondary N) is 2. The molecule has 0 aromatic heterocycles. The average molecular weight is 506 g/mol. The van der Waals surface area contributed by atoms with Gasteiger partial charge in [-0.3, -0.25) is 4.79 Å². The van der Waals surface area contributed by atoms with Crippen LogP contribution in [0.5, 0.6) is 0 Å². The van der Waals surface area contributed by atoms with E-state index in [0.29, 0.717) is 24.3 Å². The Balaban J connectivity index is -0.000000247. The molecule has 0 aliphatic heterocycles. The van der Waals surface area contributed by atoms with Gasteiger partial charge in [0.2, 0.25) is 5.91 Å². The molecule has 1 rings (SSSR count). The number of rotatable bonds is 7. The van der Waals surface area contributed by atoms with Crippen molar-refractivity contribution in [3.05, 3.63) is 5.73 Å². The Bertz CT molecular complexity index is 452. The van der Waals surface area contributed by atoms with Crippen molar-refractivity contribution in [3.63, 3.8) is 0 Å². The summed E-state index contributed by atoms with van der Waals surface area (Å²) in [4.78, 5) is 21.1. The Kier molecular flexibility index (Phi) is 28.1. The number of carbonyl (C=O) groups excluding carboxylic acids is 2. The fourth-order valence-electron chi connectivity index (χ4n) is 3.99. The number of amides is 2. The van der Waals surface area contributed by atoms with Gasteiger partial charge >= 0.3 is 21.7 Å². The van der Waals surface area contributed by atoms with Gasteiger partial charge in [-0.15, -0.1) is 12.2 Å². The molecule has 0 aromatic carbocycles. The first kappa shape index (κ1) is 39.8. The molecule has 0 spiro atoms. The predicted octanol–water partition coefficient (Wildman–Crippen LogP) is 5.02. The molecular weight excluding hydrogens is 452 g/mol. The summed E-state index contributed by atoms with van der Waals surface area (Å²) >= 11 is 0. The van der Waals surface area contributed by atoms with Crippen LogP contribution in [0.1, 0.15) is 121 Å². The van der Waals surface area contributed by atoms with Gasteiger partial charge in [-0.05, 0) is 42.9 Å². The van der Waals surface area contributed by atoms with Gasteiger partial charge in [0.25, 0.3) is 0 Å². The minimum Gasteiger partial charge on any atom is -0.852 e. The van der Waals surface area contributed by atoms with Crippen molar-refractivity contribution in [3.8, 4) is 0 Å². The summed E-state index contributed by atoms with van der Waals surface area (Å²) in [6, 6.07) is 0.407. The molecular formula is C26H53N2O4Ti. The number of hydrogen-bond acceptors (Lipinski definition) is 4. The summed E-state index contributed by atoms with van der Waals surface area (Å²) in [5, 5.41) is 22.3. The smallest absolute Gasteiger partial charge is 0.852 e. The molecule has 195 valence electrons. The van der Waals surface area contributed by atoms with Crippen molar-refractivity contribution in [1.29, 1.82) is 0 Å². The first-order valence-electron chi connectivity index (χ1n) is 12.6. The third-order valence-electron chi connectivity index (χ3n) is 6.02. The van der Waals surface area contributed by atoms with E-state index in [4.69, 9.17) is 5.73 Å². The number of carbonyl (C=O) groups is 2. The van der Waals surface area contributed by atoms with Crippen LogP contribution in [0.15, 0.2) is 0 Å². The molecule has 2 amide bonds. The summed E-state index contributed by atoms with van der Waals surface area (Å²) in [6.45, 7) is 19.5. The third kappa shape index (κ3) is 21.8. The Morgan fingerprint density at radius 2 is 1.27 bits per heavy atom. The van der Waals surface area contributed by atoms with Gasteiger partial charge in [0.1, 0.15) is 0 Å². The molecule has 0 aromatic rings. The molecule has 1 aliphatic carbocycles. The summed E-state index contributed by atoms with van der Waals surface area (Å²) in [7, 11) is 0. The van der Waals surface area contributed by atoms with Crippen molar-refractivity contribution < 1.29 is 41.5 Å². The fraction of sp³-hybridized carbons (Fsp3) is 0.923. The third-order valence-corrected chi connectivity index (χ3v) is 6.02. The van der Waals surface area contributed by atoms with E-state index in [2.05, 4.69) is 33.0 Å². The Morgan fingerprint density at radius 1 is 0.909 bits per heavy atom. The largest absolute Gasteiger partial charge is 3.00 e. The van der Waals surface area contributed by atoms with E-state index < -0.39 is 18.1 Å². The molecule has 1 saturated carbocycles. The molecule has 1 radical (unpaired) electrons. The minimum atomic E-state index is -0.495. The van der Waals surface area contributed by atoms with Crippen molar-refractivity contribution in [2.45, 2.75) is 139 Å². The molecule has 2 N–H and O–H groups in total. The van der Waals surface area contributed by atoms with E-state index in [0.717, 1.165) is 11.8 Å². The normalized spacial score (nSPS) is 21.0. The molecule has 33 heavy (non-hydrogen) atoms. The minimum absolute atomic E-state index is 0. The van der Waals surface area contributed by atoms with Crippen LogP contribution in [0.2, 0.25) is 0 Å². The van der Waals surface area contributed by atoms with E-state index in [9.17, 15) is 19.8 Å². The second-order valence-electron chi connectivity index (χ2n) is 9.44. The zero-order valence-electron chi connectivity index (χ0n) is 23.2. The maximum Gasteiger partial charge on any atom is 3.00 e. The summed E-state index contributed by atoms with van der Waals surface area (Å²) in [5.41, 5.74) is 6.63. The second kappa shape index (κ2) is 23.3. The van der Waals surface area contributed by atoms with Crippen LogP contribution >= 0.6 is 0 Å². The Morgan fingerprint density at radius 3 is 1.55 bits per heavy atom. The van der Waals surface area contributed by atoms with E-state index in [-0.39, 0.29) is 27.6 Å².